The molecular formula is C15H21F2N3O2S. The number of rotatable bonds is 7. The first kappa shape index (κ1) is 19.2. The molecule has 0 aliphatic heterocycles. The van der Waals surface area contributed by atoms with Crippen molar-refractivity contribution in [2.45, 2.75) is 33.4 Å². The van der Waals surface area contributed by atoms with E-state index >= 15 is 0 Å². The van der Waals surface area contributed by atoms with Gasteiger partial charge in [-0.25, -0.2) is 0 Å². The van der Waals surface area contributed by atoms with Gasteiger partial charge in [0, 0.05) is 13.2 Å². The highest BCUT2D eigenvalue weighted by Gasteiger charge is 2.11. The maximum atomic E-state index is 12.3. The van der Waals surface area contributed by atoms with E-state index in [2.05, 4.69) is 20.6 Å². The van der Waals surface area contributed by atoms with Crippen molar-refractivity contribution in [2.24, 2.45) is 5.10 Å². The summed E-state index contributed by atoms with van der Waals surface area (Å²) in [6.45, 7) is 3.01. The van der Waals surface area contributed by atoms with Gasteiger partial charge in [0.25, 0.3) is 0 Å². The zero-order valence-corrected chi connectivity index (χ0v) is 14.3. The van der Waals surface area contributed by atoms with Gasteiger partial charge in [-0.3, -0.25) is 5.43 Å². The lowest BCUT2D eigenvalue weighted by Gasteiger charge is -2.14. The second kappa shape index (κ2) is 9.36. The third-order valence-corrected chi connectivity index (χ3v) is 3.07. The quantitative estimate of drug-likeness (QED) is 0.452. The molecular weight excluding hydrogens is 324 g/mol. The van der Waals surface area contributed by atoms with Crippen molar-refractivity contribution >= 4 is 23.5 Å². The highest BCUT2D eigenvalue weighted by Crippen LogP contribution is 2.25. The van der Waals surface area contributed by atoms with Crippen molar-refractivity contribution in [3.05, 3.63) is 28.8 Å². The largest absolute Gasteiger partial charge is 0.434 e. The Labute approximate surface area is 140 Å². The molecule has 0 saturated heterocycles. The maximum absolute atomic E-state index is 12.3. The Morgan fingerprint density at radius 3 is 2.48 bits per heavy atom. The minimum absolute atomic E-state index is 0.0606. The first-order valence-corrected chi connectivity index (χ1v) is 7.39. The van der Waals surface area contributed by atoms with E-state index in [4.69, 9.17) is 17.0 Å². The van der Waals surface area contributed by atoms with Gasteiger partial charge in [-0.15, -0.1) is 0 Å². The molecule has 0 aromatic heterocycles. The molecule has 1 aromatic rings. The van der Waals surface area contributed by atoms with E-state index in [9.17, 15) is 8.78 Å². The molecule has 0 fully saturated rings. The Balaban J connectivity index is 2.65. The molecule has 0 aliphatic carbocycles. The predicted octanol–water partition coefficient (Wildman–Crippen LogP) is 2.74. The molecule has 128 valence electrons. The van der Waals surface area contributed by atoms with E-state index in [-0.39, 0.29) is 11.8 Å². The summed E-state index contributed by atoms with van der Waals surface area (Å²) in [5, 5.41) is 7.39. The van der Waals surface area contributed by atoms with Crippen molar-refractivity contribution in [3.8, 4) is 5.75 Å². The first-order valence-electron chi connectivity index (χ1n) is 6.98. The van der Waals surface area contributed by atoms with Crippen LogP contribution in [-0.4, -0.2) is 37.7 Å². The van der Waals surface area contributed by atoms with Gasteiger partial charge in [-0.05, 0) is 61.8 Å². The summed E-state index contributed by atoms with van der Waals surface area (Å²) in [7, 11) is 1.61. The van der Waals surface area contributed by atoms with E-state index in [1.54, 1.807) is 39.3 Å². The van der Waals surface area contributed by atoms with Crippen LogP contribution in [0.4, 0.5) is 8.78 Å². The van der Waals surface area contributed by atoms with Crippen LogP contribution >= 0.6 is 12.2 Å². The fourth-order valence-corrected chi connectivity index (χ4v) is 2.30. The van der Waals surface area contributed by atoms with E-state index in [0.717, 1.165) is 5.56 Å². The zero-order chi connectivity index (χ0) is 17.4. The van der Waals surface area contributed by atoms with Crippen molar-refractivity contribution in [2.75, 3.05) is 13.7 Å². The molecule has 0 radical (unpaired) electrons. The van der Waals surface area contributed by atoms with Crippen LogP contribution in [0.2, 0.25) is 0 Å². The Kier molecular flexibility index (Phi) is 7.84. The lowest BCUT2D eigenvalue weighted by molar-refractivity contribution is -0.0507. The van der Waals surface area contributed by atoms with Gasteiger partial charge in [-0.2, -0.15) is 13.9 Å². The molecule has 0 heterocycles. The number of hydrogen-bond acceptors (Lipinski definition) is 4. The Bertz CT molecular complexity index is 545. The second-order valence-electron chi connectivity index (χ2n) is 5.06. The first-order chi connectivity index (χ1) is 10.8. The number of hydrogen-bond donors (Lipinski definition) is 2. The lowest BCUT2D eigenvalue weighted by atomic mass is 10.1. The number of nitrogens with zero attached hydrogens (tertiary/aromatic N) is 1. The van der Waals surface area contributed by atoms with Crippen LogP contribution in [0.3, 0.4) is 0 Å². The van der Waals surface area contributed by atoms with E-state index in [1.165, 1.54) is 0 Å². The second-order valence-corrected chi connectivity index (χ2v) is 5.47. The molecule has 8 heteroatoms. The summed E-state index contributed by atoms with van der Waals surface area (Å²) >= 11 is 5.08. The van der Waals surface area contributed by atoms with Gasteiger partial charge in [-0.1, -0.05) is 0 Å². The van der Waals surface area contributed by atoms with E-state index in [0.29, 0.717) is 22.8 Å². The van der Waals surface area contributed by atoms with Crippen LogP contribution < -0.4 is 15.5 Å². The van der Waals surface area contributed by atoms with Crippen LogP contribution in [0.5, 0.6) is 5.75 Å². The molecule has 0 bridgehead atoms. The average molecular weight is 345 g/mol. The number of thiocarbonyl (C=S) groups is 1. The van der Waals surface area contributed by atoms with Crippen LogP contribution in [0.25, 0.3) is 0 Å². The number of halogens is 2. The van der Waals surface area contributed by atoms with Gasteiger partial charge in [0.15, 0.2) is 5.11 Å². The summed E-state index contributed by atoms with van der Waals surface area (Å²) in [5.74, 6) is 0.190. The molecule has 0 unspecified atom stereocenters. The summed E-state index contributed by atoms with van der Waals surface area (Å²) < 4.78 is 34.2. The molecule has 0 amide bonds. The monoisotopic (exact) mass is 345 g/mol. The molecule has 0 spiro atoms. The van der Waals surface area contributed by atoms with Crippen LogP contribution in [0.15, 0.2) is 17.2 Å². The Morgan fingerprint density at radius 2 is 1.96 bits per heavy atom. The minimum Gasteiger partial charge on any atom is -0.434 e. The fraction of sp³-hybridized carbons (Fsp3) is 0.467. The lowest BCUT2D eigenvalue weighted by Crippen LogP contribution is -2.40. The number of methoxy groups -OCH3 is 1. The SMILES string of the molecule is COC[C@H](C)NC(=S)N/N=C\c1cc(C)c(OC(F)F)c(C)c1. The molecule has 0 saturated carbocycles. The highest BCUT2D eigenvalue weighted by molar-refractivity contribution is 7.80. The van der Waals surface area contributed by atoms with Crippen molar-refractivity contribution in [1.29, 1.82) is 0 Å². The summed E-state index contributed by atoms with van der Waals surface area (Å²) in [4.78, 5) is 0. The molecule has 23 heavy (non-hydrogen) atoms. The summed E-state index contributed by atoms with van der Waals surface area (Å²) in [6.07, 6.45) is 1.56. The molecule has 0 aliphatic rings. The van der Waals surface area contributed by atoms with E-state index in [1.807, 2.05) is 6.92 Å². The molecule has 1 atom stereocenters. The number of ether oxygens (including phenoxy) is 2. The standard InChI is InChI=1S/C15H21F2N3O2S/c1-9-5-12(6-10(2)13(9)22-14(16)17)7-18-20-15(23)19-11(3)8-21-4/h5-7,11,14H,8H2,1-4H3,(H2,19,20,23)/b18-7-/t11-/m0/s1. The predicted molar refractivity (Wildman–Crippen MR) is 90.3 cm³/mol. The minimum atomic E-state index is -2.84. The summed E-state index contributed by atoms with van der Waals surface area (Å²) in [5.41, 5.74) is 4.67. The third kappa shape index (κ3) is 6.87. The van der Waals surface area contributed by atoms with Crippen molar-refractivity contribution in [3.63, 3.8) is 0 Å². The zero-order valence-electron chi connectivity index (χ0n) is 13.5. The molecule has 5 nitrogen and oxygen atoms in total. The number of alkyl halides is 2. The molecule has 2 N–H and O–H groups in total. The van der Waals surface area contributed by atoms with Gasteiger partial charge in [0.1, 0.15) is 5.75 Å². The van der Waals surface area contributed by atoms with Crippen LogP contribution in [0.1, 0.15) is 23.6 Å². The van der Waals surface area contributed by atoms with Crippen molar-refractivity contribution in [1.82, 2.24) is 10.7 Å². The van der Waals surface area contributed by atoms with Crippen LogP contribution in [-0.2, 0) is 4.74 Å². The number of nitrogens with one attached hydrogen (secondary N) is 2. The van der Waals surface area contributed by atoms with Gasteiger partial charge in [0.2, 0.25) is 0 Å². The fourth-order valence-electron chi connectivity index (χ4n) is 2.05. The molecule has 1 aromatic carbocycles. The van der Waals surface area contributed by atoms with Gasteiger partial charge in [0.05, 0.1) is 12.8 Å². The average Bonchev–Trinajstić information content (AvgIpc) is 2.42. The number of hydrazone groups is 1. The topological polar surface area (TPSA) is 54.9 Å². The van der Waals surface area contributed by atoms with Gasteiger partial charge < -0.3 is 14.8 Å². The number of benzene rings is 1. The van der Waals surface area contributed by atoms with Crippen molar-refractivity contribution < 1.29 is 18.3 Å². The maximum Gasteiger partial charge on any atom is 0.387 e. The molecule has 1 rings (SSSR count). The third-order valence-electron chi connectivity index (χ3n) is 2.86. The van der Waals surface area contributed by atoms with Gasteiger partial charge >= 0.3 is 6.61 Å². The highest BCUT2D eigenvalue weighted by atomic mass is 32.1. The Morgan fingerprint density at radius 1 is 1.35 bits per heavy atom. The number of aryl methyl sites for hydroxylation is 2. The van der Waals surface area contributed by atoms with E-state index < -0.39 is 6.61 Å². The smallest absolute Gasteiger partial charge is 0.387 e. The Hall–Kier alpha value is -1.80. The van der Waals surface area contributed by atoms with Crippen LogP contribution in [0, 0.1) is 13.8 Å². The normalized spacial score (nSPS) is 12.5. The summed E-state index contributed by atoms with van der Waals surface area (Å²) in [6, 6.07) is 3.48.